The highest BCUT2D eigenvalue weighted by atomic mass is 16.5. The molecule has 0 spiro atoms. The van der Waals surface area contributed by atoms with Crippen molar-refractivity contribution in [1.82, 2.24) is 0 Å². The highest BCUT2D eigenvalue weighted by Gasteiger charge is 2.06. The van der Waals surface area contributed by atoms with Crippen molar-refractivity contribution in [2.24, 2.45) is 0 Å². The molecule has 0 saturated carbocycles. The molecule has 0 N–H and O–H groups in total. The molecule has 0 atom stereocenters. The second-order valence-corrected chi connectivity index (χ2v) is 4.83. The van der Waals surface area contributed by atoms with Crippen LogP contribution in [-0.2, 0) is 9.53 Å². The fourth-order valence-corrected chi connectivity index (χ4v) is 2.02. The fraction of sp³-hybridized carbons (Fsp3) is 0.471. The number of unbranched alkanes of at least 4 members (excludes halogenated alkanes) is 3. The van der Waals surface area contributed by atoms with E-state index in [0.29, 0.717) is 30.6 Å². The van der Waals surface area contributed by atoms with Gasteiger partial charge in [0, 0.05) is 18.4 Å². The first-order chi connectivity index (χ1) is 10.2. The van der Waals surface area contributed by atoms with Gasteiger partial charge in [-0.25, -0.2) is 0 Å². The van der Waals surface area contributed by atoms with E-state index in [2.05, 4.69) is 0 Å². The lowest BCUT2D eigenvalue weighted by Gasteiger charge is -2.03. The molecule has 0 radical (unpaired) electrons. The van der Waals surface area contributed by atoms with E-state index in [1.807, 2.05) is 6.07 Å². The van der Waals surface area contributed by atoms with Crippen LogP contribution < -0.4 is 0 Å². The van der Waals surface area contributed by atoms with Gasteiger partial charge in [0.2, 0.25) is 0 Å². The molecule has 0 aliphatic heterocycles. The van der Waals surface area contributed by atoms with Crippen LogP contribution in [0.15, 0.2) is 24.3 Å². The molecule has 0 aromatic heterocycles. The Morgan fingerprint density at radius 1 is 1.05 bits per heavy atom. The number of ketones is 1. The molecule has 0 aliphatic carbocycles. The first-order valence-corrected chi connectivity index (χ1v) is 7.36. The van der Waals surface area contributed by atoms with Gasteiger partial charge in [0.25, 0.3) is 0 Å². The molecule has 1 aromatic rings. The summed E-state index contributed by atoms with van der Waals surface area (Å²) in [6.45, 7) is 2.23. The monoisotopic (exact) mass is 287 g/mol. The molecule has 0 fully saturated rings. The molecule has 0 amide bonds. The largest absolute Gasteiger partial charge is 0.466 e. The van der Waals surface area contributed by atoms with E-state index in [-0.39, 0.29) is 11.8 Å². The third-order valence-corrected chi connectivity index (χ3v) is 3.18. The quantitative estimate of drug-likeness (QED) is 0.395. The van der Waals surface area contributed by atoms with Crippen LogP contribution in [0.5, 0.6) is 0 Å². The molecule has 0 heterocycles. The van der Waals surface area contributed by atoms with Gasteiger partial charge in [-0.3, -0.25) is 9.59 Å². The zero-order chi connectivity index (χ0) is 15.5. The van der Waals surface area contributed by atoms with Gasteiger partial charge in [-0.15, -0.1) is 0 Å². The molecule has 1 aromatic carbocycles. The molecule has 1 rings (SSSR count). The van der Waals surface area contributed by atoms with Gasteiger partial charge >= 0.3 is 5.97 Å². The maximum absolute atomic E-state index is 11.9. The number of hydrogen-bond donors (Lipinski definition) is 0. The van der Waals surface area contributed by atoms with E-state index in [1.165, 1.54) is 0 Å². The van der Waals surface area contributed by atoms with Crippen molar-refractivity contribution in [2.75, 3.05) is 6.61 Å². The van der Waals surface area contributed by atoms with Crippen molar-refractivity contribution in [3.63, 3.8) is 0 Å². The standard InChI is InChI=1S/C17H21NO3/c1-2-21-17(20)8-6-4-3-5-7-16(19)15-11-9-14(13-18)10-12-15/h9-12H,2-8H2,1H3. The molecular weight excluding hydrogens is 266 g/mol. The lowest BCUT2D eigenvalue weighted by Crippen LogP contribution is -2.03. The first-order valence-electron chi connectivity index (χ1n) is 7.36. The zero-order valence-corrected chi connectivity index (χ0v) is 12.4. The number of nitrogens with zero attached hydrogens (tertiary/aromatic N) is 1. The van der Waals surface area contributed by atoms with Crippen molar-refractivity contribution < 1.29 is 14.3 Å². The first kappa shape index (κ1) is 16.9. The van der Waals surface area contributed by atoms with E-state index >= 15 is 0 Å². The lowest BCUT2D eigenvalue weighted by molar-refractivity contribution is -0.143. The molecule has 21 heavy (non-hydrogen) atoms. The Balaban J connectivity index is 2.16. The van der Waals surface area contributed by atoms with Gasteiger partial charge in [-0.2, -0.15) is 5.26 Å². The molecular formula is C17H21NO3. The maximum Gasteiger partial charge on any atom is 0.305 e. The van der Waals surface area contributed by atoms with Crippen LogP contribution in [-0.4, -0.2) is 18.4 Å². The third kappa shape index (κ3) is 6.71. The highest BCUT2D eigenvalue weighted by molar-refractivity contribution is 5.96. The summed E-state index contributed by atoms with van der Waals surface area (Å²) in [6, 6.07) is 8.74. The van der Waals surface area contributed by atoms with Crippen LogP contribution in [0.1, 0.15) is 61.4 Å². The number of rotatable bonds is 9. The van der Waals surface area contributed by atoms with Crippen LogP contribution >= 0.6 is 0 Å². The normalized spacial score (nSPS) is 9.90. The van der Waals surface area contributed by atoms with E-state index in [9.17, 15) is 9.59 Å². The minimum Gasteiger partial charge on any atom is -0.466 e. The predicted octanol–water partition coefficient (Wildman–Crippen LogP) is 3.64. The van der Waals surface area contributed by atoms with E-state index < -0.39 is 0 Å². The minimum absolute atomic E-state index is 0.102. The van der Waals surface area contributed by atoms with Crippen LogP contribution in [0.4, 0.5) is 0 Å². The Bertz CT molecular complexity index is 500. The van der Waals surface area contributed by atoms with Crippen LogP contribution in [0, 0.1) is 11.3 Å². The van der Waals surface area contributed by atoms with Gasteiger partial charge in [-0.05, 0) is 31.9 Å². The van der Waals surface area contributed by atoms with Crippen LogP contribution in [0.25, 0.3) is 0 Å². The zero-order valence-electron chi connectivity index (χ0n) is 12.4. The fourth-order valence-electron chi connectivity index (χ4n) is 2.02. The Labute approximate surface area is 125 Å². The highest BCUT2D eigenvalue weighted by Crippen LogP contribution is 2.11. The topological polar surface area (TPSA) is 67.2 Å². The molecule has 0 saturated heterocycles. The van der Waals surface area contributed by atoms with Crippen LogP contribution in [0.3, 0.4) is 0 Å². The number of esters is 1. The summed E-state index contributed by atoms with van der Waals surface area (Å²) < 4.78 is 4.85. The SMILES string of the molecule is CCOC(=O)CCCCCCC(=O)c1ccc(C#N)cc1. The van der Waals surface area contributed by atoms with Gasteiger partial charge in [0.05, 0.1) is 18.2 Å². The lowest BCUT2D eigenvalue weighted by atomic mass is 10.0. The average molecular weight is 287 g/mol. The Kier molecular flexibility index (Phi) is 7.81. The molecule has 0 aliphatic rings. The number of ether oxygens (including phenoxy) is 1. The third-order valence-electron chi connectivity index (χ3n) is 3.18. The number of hydrogen-bond acceptors (Lipinski definition) is 4. The van der Waals surface area contributed by atoms with Gasteiger partial charge < -0.3 is 4.74 Å². The Morgan fingerprint density at radius 2 is 1.67 bits per heavy atom. The van der Waals surface area contributed by atoms with E-state index in [1.54, 1.807) is 31.2 Å². The number of Topliss-reactive ketones (excluding diaryl/α,β-unsaturated/α-hetero) is 1. The van der Waals surface area contributed by atoms with Crippen molar-refractivity contribution >= 4 is 11.8 Å². The van der Waals surface area contributed by atoms with E-state index in [0.717, 1.165) is 25.7 Å². The minimum atomic E-state index is -0.147. The van der Waals surface area contributed by atoms with Gasteiger partial charge in [0.1, 0.15) is 0 Å². The second kappa shape index (κ2) is 9.71. The maximum atomic E-state index is 11.9. The predicted molar refractivity (Wildman–Crippen MR) is 79.8 cm³/mol. The summed E-state index contributed by atoms with van der Waals surface area (Å²) in [5.41, 5.74) is 1.21. The molecule has 112 valence electrons. The summed E-state index contributed by atoms with van der Waals surface area (Å²) >= 11 is 0. The van der Waals surface area contributed by atoms with Gasteiger partial charge in [-0.1, -0.05) is 25.0 Å². The number of nitriles is 1. The number of benzene rings is 1. The van der Waals surface area contributed by atoms with E-state index in [4.69, 9.17) is 10.00 Å². The molecule has 0 bridgehead atoms. The van der Waals surface area contributed by atoms with Crippen LogP contribution in [0.2, 0.25) is 0 Å². The smallest absolute Gasteiger partial charge is 0.305 e. The summed E-state index contributed by atoms with van der Waals surface area (Å²) in [6.07, 6.45) is 4.45. The summed E-state index contributed by atoms with van der Waals surface area (Å²) in [5, 5.41) is 8.70. The van der Waals surface area contributed by atoms with Crippen molar-refractivity contribution in [3.8, 4) is 6.07 Å². The van der Waals surface area contributed by atoms with Gasteiger partial charge in [0.15, 0.2) is 5.78 Å². The average Bonchev–Trinajstić information content (AvgIpc) is 2.51. The molecule has 4 nitrogen and oxygen atoms in total. The Hall–Kier alpha value is -2.15. The number of carbonyl (C=O) groups excluding carboxylic acids is 2. The number of carbonyl (C=O) groups is 2. The van der Waals surface area contributed by atoms with Crippen molar-refractivity contribution in [2.45, 2.75) is 45.4 Å². The summed E-state index contributed by atoms with van der Waals surface area (Å²) in [5.74, 6) is -0.0453. The molecule has 0 unspecified atom stereocenters. The van der Waals surface area contributed by atoms with Crippen molar-refractivity contribution in [1.29, 1.82) is 5.26 Å². The Morgan fingerprint density at radius 3 is 2.24 bits per heavy atom. The summed E-state index contributed by atoms with van der Waals surface area (Å²) in [4.78, 5) is 23.0. The van der Waals surface area contributed by atoms with Crippen molar-refractivity contribution in [3.05, 3.63) is 35.4 Å². The second-order valence-electron chi connectivity index (χ2n) is 4.83. The molecule has 4 heteroatoms. The summed E-state index contributed by atoms with van der Waals surface area (Å²) in [7, 11) is 0.